The Balaban J connectivity index is 2.13. The van der Waals surface area contributed by atoms with Gasteiger partial charge in [0, 0.05) is 13.7 Å². The molecular weight excluding hydrogens is 288 g/mol. The summed E-state index contributed by atoms with van der Waals surface area (Å²) >= 11 is 0. The van der Waals surface area contributed by atoms with Gasteiger partial charge in [-0.2, -0.15) is 22.5 Å². The summed E-state index contributed by atoms with van der Waals surface area (Å²) in [7, 11) is 1.56. The Morgan fingerprint density at radius 1 is 0.952 bits per heavy atom. The molecule has 7 heteroatoms. The number of hydrogen-bond acceptors (Lipinski definition) is 3. The van der Waals surface area contributed by atoms with Crippen LogP contribution in [-0.2, 0) is 17.9 Å². The molecular formula is C14H12F4N2O. The van der Waals surface area contributed by atoms with Crippen molar-refractivity contribution in [3.05, 3.63) is 58.9 Å². The van der Waals surface area contributed by atoms with Crippen LogP contribution in [-0.4, -0.2) is 12.1 Å². The van der Waals surface area contributed by atoms with E-state index >= 15 is 0 Å². The van der Waals surface area contributed by atoms with E-state index in [-0.39, 0.29) is 6.54 Å². The molecule has 0 amide bonds. The molecule has 0 aliphatic heterocycles. The molecule has 0 aliphatic rings. The third-order valence-corrected chi connectivity index (χ3v) is 2.80. The summed E-state index contributed by atoms with van der Waals surface area (Å²) in [4.78, 5) is 2.48. The minimum Gasteiger partial charge on any atom is -0.380 e. The van der Waals surface area contributed by atoms with E-state index in [4.69, 9.17) is 4.74 Å². The van der Waals surface area contributed by atoms with Gasteiger partial charge in [0.1, 0.15) is 5.69 Å². The Kier molecular flexibility index (Phi) is 4.74. The van der Waals surface area contributed by atoms with Crippen LogP contribution >= 0.6 is 0 Å². The van der Waals surface area contributed by atoms with Crippen molar-refractivity contribution in [1.82, 2.24) is 4.98 Å². The highest BCUT2D eigenvalue weighted by atomic mass is 19.2. The van der Waals surface area contributed by atoms with Crippen molar-refractivity contribution in [2.45, 2.75) is 13.2 Å². The van der Waals surface area contributed by atoms with Gasteiger partial charge in [-0.1, -0.05) is 24.3 Å². The molecule has 1 aromatic heterocycles. The quantitative estimate of drug-likeness (QED) is 0.679. The molecule has 3 nitrogen and oxygen atoms in total. The molecule has 0 bridgehead atoms. The van der Waals surface area contributed by atoms with Crippen LogP contribution in [0.4, 0.5) is 23.2 Å². The van der Waals surface area contributed by atoms with Gasteiger partial charge in [-0.15, -0.1) is 0 Å². The third-order valence-electron chi connectivity index (χ3n) is 2.80. The summed E-state index contributed by atoms with van der Waals surface area (Å²) in [6.07, 6.45) is 0. The van der Waals surface area contributed by atoms with Gasteiger partial charge < -0.3 is 10.1 Å². The Morgan fingerprint density at radius 2 is 1.48 bits per heavy atom. The van der Waals surface area contributed by atoms with E-state index < -0.39 is 29.2 Å². The molecule has 112 valence electrons. The first-order valence-corrected chi connectivity index (χ1v) is 6.03. The number of ether oxygens (including phenoxy) is 1. The number of rotatable bonds is 5. The first kappa shape index (κ1) is 15.2. The molecule has 2 rings (SSSR count). The zero-order valence-corrected chi connectivity index (χ0v) is 11.1. The van der Waals surface area contributed by atoms with Crippen LogP contribution in [0.1, 0.15) is 11.1 Å². The Hall–Kier alpha value is -2.15. The lowest BCUT2D eigenvalue weighted by Crippen LogP contribution is -2.09. The van der Waals surface area contributed by atoms with Crippen LogP contribution in [0.5, 0.6) is 0 Å². The number of aromatic nitrogens is 1. The summed E-state index contributed by atoms with van der Waals surface area (Å²) in [5.74, 6) is -6.48. The van der Waals surface area contributed by atoms with Crippen molar-refractivity contribution in [3.63, 3.8) is 0 Å². The van der Waals surface area contributed by atoms with E-state index in [2.05, 4.69) is 10.3 Å². The summed E-state index contributed by atoms with van der Waals surface area (Å²) in [6.45, 7) is 0.446. The zero-order chi connectivity index (χ0) is 15.4. The van der Waals surface area contributed by atoms with Crippen molar-refractivity contribution < 1.29 is 22.3 Å². The predicted molar refractivity (Wildman–Crippen MR) is 68.6 cm³/mol. The van der Waals surface area contributed by atoms with Gasteiger partial charge in [0.05, 0.1) is 6.61 Å². The van der Waals surface area contributed by atoms with Gasteiger partial charge in [0.25, 0.3) is 11.9 Å². The van der Waals surface area contributed by atoms with Gasteiger partial charge in [0.15, 0.2) is 0 Å². The van der Waals surface area contributed by atoms with Gasteiger partial charge >= 0.3 is 0 Å². The number of anilines is 1. The minimum absolute atomic E-state index is 0.00396. The molecule has 0 aliphatic carbocycles. The number of nitrogens with one attached hydrogen (secondary N) is 1. The van der Waals surface area contributed by atoms with Crippen LogP contribution in [0.2, 0.25) is 0 Å². The van der Waals surface area contributed by atoms with Crippen molar-refractivity contribution >= 4 is 5.69 Å². The van der Waals surface area contributed by atoms with Crippen molar-refractivity contribution in [1.29, 1.82) is 0 Å². The predicted octanol–water partition coefficient (Wildman–Crippen LogP) is 3.40. The molecule has 0 saturated heterocycles. The third kappa shape index (κ3) is 3.49. The standard InChI is InChI=1S/C14H12F4N2O/c1-21-7-9-4-2-8(3-5-9)6-19-12-10(15)13(17)20-14(18)11(12)16/h2-5H,6-7H2,1H3,(H,19,20). The summed E-state index contributed by atoms with van der Waals surface area (Å²) in [5.41, 5.74) is 0.742. The summed E-state index contributed by atoms with van der Waals surface area (Å²) < 4.78 is 57.6. The zero-order valence-electron chi connectivity index (χ0n) is 11.1. The number of methoxy groups -OCH3 is 1. The van der Waals surface area contributed by atoms with E-state index in [1.54, 1.807) is 31.4 Å². The average molecular weight is 300 g/mol. The fourth-order valence-corrected chi connectivity index (χ4v) is 1.75. The highest BCUT2D eigenvalue weighted by Crippen LogP contribution is 2.22. The molecule has 1 heterocycles. The van der Waals surface area contributed by atoms with Crippen LogP contribution in [0.15, 0.2) is 24.3 Å². The molecule has 1 aromatic carbocycles. The van der Waals surface area contributed by atoms with Gasteiger partial charge in [0.2, 0.25) is 11.6 Å². The van der Waals surface area contributed by atoms with Crippen molar-refractivity contribution in [2.75, 3.05) is 12.4 Å². The maximum Gasteiger partial charge on any atom is 0.253 e. The van der Waals surface area contributed by atoms with E-state index in [1.807, 2.05) is 0 Å². The molecule has 2 aromatic rings. The number of pyridine rings is 1. The van der Waals surface area contributed by atoms with Crippen molar-refractivity contribution in [3.8, 4) is 0 Å². The Morgan fingerprint density at radius 3 is 2.00 bits per heavy atom. The highest BCUT2D eigenvalue weighted by Gasteiger charge is 2.20. The van der Waals surface area contributed by atoms with Crippen molar-refractivity contribution in [2.24, 2.45) is 0 Å². The molecule has 0 fully saturated rings. The van der Waals surface area contributed by atoms with Gasteiger partial charge in [-0.05, 0) is 11.1 Å². The smallest absolute Gasteiger partial charge is 0.253 e. The van der Waals surface area contributed by atoms with Crippen LogP contribution in [0, 0.1) is 23.5 Å². The average Bonchev–Trinajstić information content (AvgIpc) is 2.47. The summed E-state index contributed by atoms with van der Waals surface area (Å²) in [5, 5.41) is 2.33. The molecule has 0 unspecified atom stereocenters. The number of benzene rings is 1. The van der Waals surface area contributed by atoms with Gasteiger partial charge in [-0.3, -0.25) is 0 Å². The van der Waals surface area contributed by atoms with E-state index in [1.165, 1.54) is 0 Å². The van der Waals surface area contributed by atoms with E-state index in [0.717, 1.165) is 5.56 Å². The molecule has 1 N–H and O–H groups in total. The minimum atomic E-state index is -1.69. The molecule has 21 heavy (non-hydrogen) atoms. The first-order valence-electron chi connectivity index (χ1n) is 6.03. The van der Waals surface area contributed by atoms with Crippen LogP contribution in [0.3, 0.4) is 0 Å². The lowest BCUT2D eigenvalue weighted by Gasteiger charge is -2.10. The fraction of sp³-hybridized carbons (Fsp3) is 0.214. The highest BCUT2D eigenvalue weighted by molar-refractivity contribution is 5.46. The maximum absolute atomic E-state index is 13.4. The lowest BCUT2D eigenvalue weighted by molar-refractivity contribution is 0.185. The largest absolute Gasteiger partial charge is 0.380 e. The lowest BCUT2D eigenvalue weighted by atomic mass is 10.1. The molecule has 0 saturated carbocycles. The first-order chi connectivity index (χ1) is 10.0. The fourth-order valence-electron chi connectivity index (χ4n) is 1.75. The molecule has 0 radical (unpaired) electrons. The maximum atomic E-state index is 13.4. The second-order valence-electron chi connectivity index (χ2n) is 4.30. The second kappa shape index (κ2) is 6.53. The monoisotopic (exact) mass is 300 g/mol. The summed E-state index contributed by atoms with van der Waals surface area (Å²) in [6, 6.07) is 6.98. The van der Waals surface area contributed by atoms with E-state index in [0.29, 0.717) is 12.2 Å². The normalized spacial score (nSPS) is 10.7. The SMILES string of the molecule is COCc1ccc(CNc2c(F)c(F)nc(F)c2F)cc1. The van der Waals surface area contributed by atoms with E-state index in [9.17, 15) is 17.6 Å². The Labute approximate surface area is 118 Å². The number of nitrogens with zero attached hydrogens (tertiary/aromatic N) is 1. The topological polar surface area (TPSA) is 34.1 Å². The number of hydrogen-bond donors (Lipinski definition) is 1. The Bertz CT molecular complexity index is 606. The molecule has 0 spiro atoms. The van der Waals surface area contributed by atoms with Crippen LogP contribution in [0.25, 0.3) is 0 Å². The van der Waals surface area contributed by atoms with Crippen LogP contribution < -0.4 is 5.32 Å². The van der Waals surface area contributed by atoms with Gasteiger partial charge in [-0.25, -0.2) is 0 Å². The molecule has 0 atom stereocenters. The number of halogens is 4. The second-order valence-corrected chi connectivity index (χ2v) is 4.30.